The van der Waals surface area contributed by atoms with E-state index in [-0.39, 0.29) is 13.2 Å². The summed E-state index contributed by atoms with van der Waals surface area (Å²) in [5.74, 6) is -0.274. The average Bonchev–Trinajstić information content (AvgIpc) is 3.01. The van der Waals surface area contributed by atoms with Crippen molar-refractivity contribution in [2.45, 2.75) is 20.4 Å². The number of aromatic nitrogens is 3. The number of amides is 1. The van der Waals surface area contributed by atoms with Gasteiger partial charge in [0.1, 0.15) is 5.75 Å². The van der Waals surface area contributed by atoms with Gasteiger partial charge in [-0.15, -0.1) is 0 Å². The second-order valence-corrected chi connectivity index (χ2v) is 4.94. The van der Waals surface area contributed by atoms with Crippen LogP contribution >= 0.6 is 0 Å². The van der Waals surface area contributed by atoms with Gasteiger partial charge in [-0.05, 0) is 30.4 Å². The van der Waals surface area contributed by atoms with Crippen molar-refractivity contribution in [3.63, 3.8) is 0 Å². The SMILES string of the molecule is C/C(Cn1cnc([N+](=O)[O-])n1)=N/NC(=O)COc1ccccc1C. The van der Waals surface area contributed by atoms with Crippen molar-refractivity contribution < 1.29 is 14.5 Å². The molecule has 2 aromatic rings. The van der Waals surface area contributed by atoms with Crippen LogP contribution < -0.4 is 10.2 Å². The van der Waals surface area contributed by atoms with Gasteiger partial charge in [-0.2, -0.15) is 9.78 Å². The summed E-state index contributed by atoms with van der Waals surface area (Å²) in [6.45, 7) is 3.53. The van der Waals surface area contributed by atoms with Crippen LogP contribution in [0.1, 0.15) is 12.5 Å². The van der Waals surface area contributed by atoms with Gasteiger partial charge in [0.2, 0.25) is 6.33 Å². The Morgan fingerprint density at radius 2 is 2.21 bits per heavy atom. The predicted molar refractivity (Wildman–Crippen MR) is 84.6 cm³/mol. The standard InChI is InChI=1S/C14H16N6O4/c1-10-5-3-4-6-12(10)24-8-13(21)17-16-11(2)7-19-9-15-14(18-19)20(22)23/h3-6,9H,7-8H2,1-2H3,(H,17,21)/b16-11-. The number of ether oxygens (including phenoxy) is 1. The first-order valence-electron chi connectivity index (χ1n) is 7.00. The van der Waals surface area contributed by atoms with Crippen molar-refractivity contribution in [1.29, 1.82) is 0 Å². The van der Waals surface area contributed by atoms with Crippen LogP contribution in [0.15, 0.2) is 35.7 Å². The summed E-state index contributed by atoms with van der Waals surface area (Å²) in [5.41, 5.74) is 3.78. The number of para-hydroxylation sites is 1. The minimum atomic E-state index is -0.687. The number of aryl methyl sites for hydroxylation is 1. The molecule has 0 spiro atoms. The zero-order chi connectivity index (χ0) is 17.5. The topological polar surface area (TPSA) is 125 Å². The maximum Gasteiger partial charge on any atom is 0.490 e. The Morgan fingerprint density at radius 3 is 2.88 bits per heavy atom. The molecule has 1 N–H and O–H groups in total. The lowest BCUT2D eigenvalue weighted by Gasteiger charge is -2.07. The number of benzene rings is 1. The zero-order valence-corrected chi connectivity index (χ0v) is 13.2. The highest BCUT2D eigenvalue weighted by Crippen LogP contribution is 2.15. The van der Waals surface area contributed by atoms with Crippen LogP contribution in [0.5, 0.6) is 5.75 Å². The summed E-state index contributed by atoms with van der Waals surface area (Å²) < 4.78 is 6.65. The highest BCUT2D eigenvalue weighted by molar-refractivity contribution is 5.84. The van der Waals surface area contributed by atoms with E-state index in [1.807, 2.05) is 25.1 Å². The lowest BCUT2D eigenvalue weighted by atomic mass is 10.2. The van der Waals surface area contributed by atoms with Crippen LogP contribution in [0, 0.1) is 17.0 Å². The third kappa shape index (κ3) is 4.87. The molecule has 10 heteroatoms. The van der Waals surface area contributed by atoms with Gasteiger partial charge in [-0.25, -0.2) is 5.43 Å². The molecule has 0 saturated heterocycles. The van der Waals surface area contributed by atoms with Crippen molar-refractivity contribution in [2.24, 2.45) is 5.10 Å². The summed E-state index contributed by atoms with van der Waals surface area (Å²) >= 11 is 0. The molecule has 0 fully saturated rings. The predicted octanol–water partition coefficient (Wildman–Crippen LogP) is 1.07. The maximum absolute atomic E-state index is 11.7. The minimum absolute atomic E-state index is 0.166. The molecule has 126 valence electrons. The Kier molecular flexibility index (Phi) is 5.55. The number of hydrogen-bond acceptors (Lipinski definition) is 7. The van der Waals surface area contributed by atoms with E-state index in [1.54, 1.807) is 13.0 Å². The highest BCUT2D eigenvalue weighted by atomic mass is 16.6. The quantitative estimate of drug-likeness (QED) is 0.459. The molecule has 1 aromatic carbocycles. The summed E-state index contributed by atoms with van der Waals surface area (Å²) in [5, 5.41) is 18.0. The van der Waals surface area contributed by atoms with Gasteiger partial charge in [0.05, 0.1) is 12.3 Å². The summed E-state index contributed by atoms with van der Waals surface area (Å²) in [6, 6.07) is 7.35. The molecule has 0 saturated carbocycles. The zero-order valence-electron chi connectivity index (χ0n) is 13.2. The third-order valence-electron chi connectivity index (χ3n) is 2.90. The summed E-state index contributed by atoms with van der Waals surface area (Å²) in [6.07, 6.45) is 1.22. The van der Waals surface area contributed by atoms with Gasteiger partial charge < -0.3 is 14.9 Å². The molecule has 0 atom stereocenters. The van der Waals surface area contributed by atoms with Crippen molar-refractivity contribution >= 4 is 17.6 Å². The third-order valence-corrected chi connectivity index (χ3v) is 2.90. The van der Waals surface area contributed by atoms with Crippen LogP contribution in [0.25, 0.3) is 0 Å². The molecule has 2 rings (SSSR count). The Hall–Kier alpha value is -3.30. The first kappa shape index (κ1) is 17.1. The van der Waals surface area contributed by atoms with Crippen molar-refractivity contribution in [3.05, 3.63) is 46.3 Å². The molecule has 1 heterocycles. The lowest BCUT2D eigenvalue weighted by Crippen LogP contribution is -2.26. The van der Waals surface area contributed by atoms with Gasteiger partial charge in [-0.3, -0.25) is 4.79 Å². The van der Waals surface area contributed by atoms with E-state index in [4.69, 9.17) is 4.74 Å². The number of nitro groups is 1. The number of nitrogens with one attached hydrogen (secondary N) is 1. The highest BCUT2D eigenvalue weighted by Gasteiger charge is 2.13. The van der Waals surface area contributed by atoms with Crippen LogP contribution in [-0.2, 0) is 11.3 Å². The number of carbonyl (C=O) groups excluding carboxylic acids is 1. The second kappa shape index (κ2) is 7.81. The van der Waals surface area contributed by atoms with Crippen LogP contribution in [0.4, 0.5) is 5.95 Å². The monoisotopic (exact) mass is 332 g/mol. The molecule has 0 aliphatic rings. The molecule has 1 aromatic heterocycles. The van der Waals surface area contributed by atoms with Gasteiger partial charge in [0.25, 0.3) is 5.91 Å². The maximum atomic E-state index is 11.7. The number of nitrogens with zero attached hydrogens (tertiary/aromatic N) is 5. The molecule has 1 amide bonds. The van der Waals surface area contributed by atoms with E-state index < -0.39 is 16.8 Å². The Labute approximate surface area is 137 Å². The smallest absolute Gasteiger partial charge is 0.483 e. The van der Waals surface area contributed by atoms with Gasteiger partial charge >= 0.3 is 5.95 Å². The Bertz CT molecular complexity index is 770. The largest absolute Gasteiger partial charge is 0.490 e. The normalized spacial score (nSPS) is 11.2. The molecule has 24 heavy (non-hydrogen) atoms. The summed E-state index contributed by atoms with van der Waals surface area (Å²) in [7, 11) is 0. The molecule has 0 bridgehead atoms. The van der Waals surface area contributed by atoms with Crippen LogP contribution in [-0.4, -0.2) is 37.9 Å². The first-order valence-corrected chi connectivity index (χ1v) is 7.00. The van der Waals surface area contributed by atoms with E-state index >= 15 is 0 Å². The van der Waals surface area contributed by atoms with Crippen molar-refractivity contribution in [1.82, 2.24) is 20.2 Å². The molecular weight excluding hydrogens is 316 g/mol. The molecule has 10 nitrogen and oxygen atoms in total. The Balaban J connectivity index is 1.81. The minimum Gasteiger partial charge on any atom is -0.483 e. The number of hydrazone groups is 1. The fourth-order valence-corrected chi connectivity index (χ4v) is 1.77. The molecule has 0 unspecified atom stereocenters. The fourth-order valence-electron chi connectivity index (χ4n) is 1.77. The number of rotatable bonds is 7. The first-order chi connectivity index (χ1) is 11.5. The van der Waals surface area contributed by atoms with Crippen molar-refractivity contribution in [3.8, 4) is 5.75 Å². The number of carbonyl (C=O) groups is 1. The van der Waals surface area contributed by atoms with E-state index in [0.717, 1.165) is 5.56 Å². The van der Waals surface area contributed by atoms with E-state index in [1.165, 1.54) is 11.0 Å². The summed E-state index contributed by atoms with van der Waals surface area (Å²) in [4.78, 5) is 25.0. The van der Waals surface area contributed by atoms with E-state index in [0.29, 0.717) is 11.5 Å². The van der Waals surface area contributed by atoms with Gasteiger partial charge in [0, 0.05) is 5.10 Å². The van der Waals surface area contributed by atoms with Crippen molar-refractivity contribution in [2.75, 3.05) is 6.61 Å². The fraction of sp³-hybridized carbons (Fsp3) is 0.286. The molecule has 0 aliphatic carbocycles. The van der Waals surface area contributed by atoms with Gasteiger partial charge in [-0.1, -0.05) is 23.2 Å². The molecule has 0 radical (unpaired) electrons. The van der Waals surface area contributed by atoms with Gasteiger partial charge in [0.15, 0.2) is 6.61 Å². The average molecular weight is 332 g/mol. The Morgan fingerprint density at radius 1 is 1.46 bits per heavy atom. The van der Waals surface area contributed by atoms with Crippen LogP contribution in [0.3, 0.4) is 0 Å². The second-order valence-electron chi connectivity index (χ2n) is 4.94. The van der Waals surface area contributed by atoms with E-state index in [2.05, 4.69) is 20.6 Å². The molecule has 0 aliphatic heterocycles. The molecular formula is C14H16N6O4. The van der Waals surface area contributed by atoms with E-state index in [9.17, 15) is 14.9 Å². The van der Waals surface area contributed by atoms with Crippen LogP contribution in [0.2, 0.25) is 0 Å². The number of hydrogen-bond donors (Lipinski definition) is 1. The lowest BCUT2D eigenvalue weighted by molar-refractivity contribution is -0.394.